The van der Waals surface area contributed by atoms with Gasteiger partial charge in [0, 0.05) is 26.1 Å². The molecule has 1 amide bonds. The van der Waals surface area contributed by atoms with Crippen LogP contribution in [-0.2, 0) is 9.59 Å². The molecule has 5 heteroatoms. The summed E-state index contributed by atoms with van der Waals surface area (Å²) in [4.78, 5) is 28.7. The zero-order valence-electron chi connectivity index (χ0n) is 19.5. The zero-order valence-corrected chi connectivity index (χ0v) is 19.5. The Morgan fingerprint density at radius 2 is 1.55 bits per heavy atom. The van der Waals surface area contributed by atoms with Gasteiger partial charge in [0.1, 0.15) is 6.04 Å². The predicted octanol–water partition coefficient (Wildman–Crippen LogP) is 5.19. The lowest BCUT2D eigenvalue weighted by Gasteiger charge is -2.31. The Morgan fingerprint density at radius 3 is 2.00 bits per heavy atom. The van der Waals surface area contributed by atoms with Crippen molar-refractivity contribution < 1.29 is 14.7 Å². The van der Waals surface area contributed by atoms with E-state index in [1.165, 1.54) is 38.5 Å². The van der Waals surface area contributed by atoms with Crippen LogP contribution in [0.2, 0.25) is 0 Å². The summed E-state index contributed by atoms with van der Waals surface area (Å²) in [5.74, 6) is 0.608. The highest BCUT2D eigenvalue weighted by molar-refractivity contribution is 5.77. The first kappa shape index (κ1) is 25.9. The van der Waals surface area contributed by atoms with E-state index in [4.69, 9.17) is 0 Å². The van der Waals surface area contributed by atoms with Crippen molar-refractivity contribution in [2.24, 2.45) is 11.8 Å². The van der Waals surface area contributed by atoms with E-state index in [1.807, 2.05) is 4.90 Å². The van der Waals surface area contributed by atoms with Crippen molar-refractivity contribution in [2.45, 2.75) is 104 Å². The lowest BCUT2D eigenvalue weighted by Crippen LogP contribution is -2.42. The van der Waals surface area contributed by atoms with Gasteiger partial charge in [-0.05, 0) is 44.1 Å². The number of carboxylic acid groups (broad SMARTS) is 1. The molecule has 1 rings (SSSR count). The summed E-state index contributed by atoms with van der Waals surface area (Å²) < 4.78 is 0. The fraction of sp³-hybridized carbons (Fsp3) is 0.917. The Morgan fingerprint density at radius 1 is 1.00 bits per heavy atom. The summed E-state index contributed by atoms with van der Waals surface area (Å²) in [5, 5.41) is 9.39. The standard InChI is InChI=1S/C24H46N2O3/c1-5-9-12-20(7-3)18-26(19-21(8-4)13-10-6-2)23(27)15-17-25-16-11-14-22(25)24(28)29/h20-22H,5-19H2,1-4H3,(H,28,29). The van der Waals surface area contributed by atoms with Gasteiger partial charge in [-0.25, -0.2) is 0 Å². The van der Waals surface area contributed by atoms with Crippen LogP contribution in [0.5, 0.6) is 0 Å². The van der Waals surface area contributed by atoms with Gasteiger partial charge >= 0.3 is 5.97 Å². The number of nitrogens with zero attached hydrogens (tertiary/aromatic N) is 2. The molecule has 1 aliphatic rings. The monoisotopic (exact) mass is 410 g/mol. The van der Waals surface area contributed by atoms with Gasteiger partial charge in [0.15, 0.2) is 0 Å². The molecule has 1 saturated heterocycles. The van der Waals surface area contributed by atoms with Crippen LogP contribution in [0.3, 0.4) is 0 Å². The Bertz CT molecular complexity index is 451. The number of carbonyl (C=O) groups excluding carboxylic acids is 1. The highest BCUT2D eigenvalue weighted by Gasteiger charge is 2.31. The normalized spacial score (nSPS) is 19.2. The molecule has 1 aliphatic heterocycles. The van der Waals surface area contributed by atoms with Crippen molar-refractivity contribution in [2.75, 3.05) is 26.2 Å². The SMILES string of the molecule is CCCCC(CC)CN(CC(CC)CCCC)C(=O)CCN1CCCC1C(=O)O. The van der Waals surface area contributed by atoms with Gasteiger partial charge in [-0.1, -0.05) is 66.2 Å². The van der Waals surface area contributed by atoms with Crippen molar-refractivity contribution in [3.05, 3.63) is 0 Å². The number of hydrogen-bond acceptors (Lipinski definition) is 3. The minimum Gasteiger partial charge on any atom is -0.480 e. The number of carboxylic acids is 1. The molecular weight excluding hydrogens is 364 g/mol. The van der Waals surface area contributed by atoms with Crippen molar-refractivity contribution in [3.8, 4) is 0 Å². The first-order valence-corrected chi connectivity index (χ1v) is 12.2. The second-order valence-corrected chi connectivity index (χ2v) is 8.91. The van der Waals surface area contributed by atoms with Gasteiger partial charge in [-0.3, -0.25) is 14.5 Å². The summed E-state index contributed by atoms with van der Waals surface area (Å²) >= 11 is 0. The van der Waals surface area contributed by atoms with Gasteiger partial charge in [0.05, 0.1) is 0 Å². The quantitative estimate of drug-likeness (QED) is 0.380. The van der Waals surface area contributed by atoms with Crippen molar-refractivity contribution >= 4 is 11.9 Å². The topological polar surface area (TPSA) is 60.9 Å². The molecule has 3 unspecified atom stereocenters. The molecule has 0 aromatic heterocycles. The Hall–Kier alpha value is -1.10. The van der Waals surface area contributed by atoms with Crippen LogP contribution in [-0.4, -0.2) is 59.0 Å². The molecule has 1 fully saturated rings. The lowest BCUT2D eigenvalue weighted by molar-refractivity contribution is -0.143. The minimum atomic E-state index is -0.747. The van der Waals surface area contributed by atoms with Gasteiger partial charge in [0.25, 0.3) is 0 Å². The van der Waals surface area contributed by atoms with Crippen molar-refractivity contribution in [1.82, 2.24) is 9.80 Å². The van der Waals surface area contributed by atoms with Gasteiger partial charge in [-0.2, -0.15) is 0 Å². The van der Waals surface area contributed by atoms with E-state index in [-0.39, 0.29) is 5.91 Å². The molecule has 170 valence electrons. The second-order valence-electron chi connectivity index (χ2n) is 8.91. The van der Waals surface area contributed by atoms with Gasteiger partial charge < -0.3 is 10.0 Å². The molecule has 1 N–H and O–H groups in total. The maximum atomic E-state index is 13.2. The van der Waals surface area contributed by atoms with E-state index in [0.29, 0.717) is 31.2 Å². The van der Waals surface area contributed by atoms with Crippen LogP contribution >= 0.6 is 0 Å². The molecule has 0 bridgehead atoms. The van der Waals surface area contributed by atoms with Crippen molar-refractivity contribution in [1.29, 1.82) is 0 Å². The Kier molecular flexibility index (Phi) is 13.2. The maximum Gasteiger partial charge on any atom is 0.320 e. The highest BCUT2D eigenvalue weighted by Crippen LogP contribution is 2.21. The van der Waals surface area contributed by atoms with E-state index in [9.17, 15) is 14.7 Å². The predicted molar refractivity (Wildman–Crippen MR) is 120 cm³/mol. The Balaban J connectivity index is 2.73. The maximum absolute atomic E-state index is 13.2. The zero-order chi connectivity index (χ0) is 21.6. The molecule has 29 heavy (non-hydrogen) atoms. The van der Waals surface area contributed by atoms with Gasteiger partial charge in [0.2, 0.25) is 5.91 Å². The molecule has 0 aromatic carbocycles. The van der Waals surface area contributed by atoms with Crippen LogP contribution in [0, 0.1) is 11.8 Å². The summed E-state index contributed by atoms with van der Waals surface area (Å²) in [5.41, 5.74) is 0. The minimum absolute atomic E-state index is 0.214. The number of carbonyl (C=O) groups is 2. The van der Waals surface area contributed by atoms with Gasteiger partial charge in [-0.15, -0.1) is 0 Å². The summed E-state index contributed by atoms with van der Waals surface area (Å²) in [7, 11) is 0. The van der Waals surface area contributed by atoms with Crippen LogP contribution in [0.15, 0.2) is 0 Å². The van der Waals surface area contributed by atoms with E-state index in [2.05, 4.69) is 32.6 Å². The number of amides is 1. The van der Waals surface area contributed by atoms with Crippen LogP contribution in [0.4, 0.5) is 0 Å². The van der Waals surface area contributed by atoms with E-state index in [0.717, 1.165) is 38.9 Å². The third-order valence-corrected chi connectivity index (χ3v) is 6.66. The Labute approximate surface area is 179 Å². The third-order valence-electron chi connectivity index (χ3n) is 6.66. The van der Waals surface area contributed by atoms with E-state index >= 15 is 0 Å². The molecule has 0 aliphatic carbocycles. The molecule has 5 nitrogen and oxygen atoms in total. The first-order chi connectivity index (χ1) is 14.0. The third kappa shape index (κ3) is 9.50. The smallest absolute Gasteiger partial charge is 0.320 e. The molecule has 0 saturated carbocycles. The number of unbranched alkanes of at least 4 members (excludes halogenated alkanes) is 2. The molecule has 0 aromatic rings. The highest BCUT2D eigenvalue weighted by atomic mass is 16.4. The number of likely N-dealkylation sites (tertiary alicyclic amines) is 1. The largest absolute Gasteiger partial charge is 0.480 e. The lowest BCUT2D eigenvalue weighted by atomic mass is 9.95. The molecule has 1 heterocycles. The fourth-order valence-electron chi connectivity index (χ4n) is 4.51. The molecule has 3 atom stereocenters. The van der Waals surface area contributed by atoms with E-state index < -0.39 is 12.0 Å². The number of rotatable bonds is 16. The molecule has 0 spiro atoms. The van der Waals surface area contributed by atoms with Crippen molar-refractivity contribution in [3.63, 3.8) is 0 Å². The fourth-order valence-corrected chi connectivity index (χ4v) is 4.51. The first-order valence-electron chi connectivity index (χ1n) is 12.2. The van der Waals surface area contributed by atoms with Crippen LogP contribution < -0.4 is 0 Å². The van der Waals surface area contributed by atoms with Crippen LogP contribution in [0.25, 0.3) is 0 Å². The van der Waals surface area contributed by atoms with Crippen LogP contribution in [0.1, 0.15) is 98.3 Å². The average Bonchev–Trinajstić information content (AvgIpc) is 3.19. The summed E-state index contributed by atoms with van der Waals surface area (Å²) in [6.07, 6.45) is 11.5. The summed E-state index contributed by atoms with van der Waals surface area (Å²) in [6.45, 7) is 12.0. The molecular formula is C24H46N2O3. The summed E-state index contributed by atoms with van der Waals surface area (Å²) in [6, 6.07) is -0.405. The number of hydrogen-bond donors (Lipinski definition) is 1. The van der Waals surface area contributed by atoms with E-state index in [1.54, 1.807) is 0 Å². The number of aliphatic carboxylic acids is 1. The molecule has 0 radical (unpaired) electrons. The average molecular weight is 411 g/mol. The second kappa shape index (κ2) is 14.8.